The summed E-state index contributed by atoms with van der Waals surface area (Å²) in [6.07, 6.45) is 4.34. The van der Waals surface area contributed by atoms with Gasteiger partial charge in [-0.1, -0.05) is 55.5 Å². The number of methoxy groups -OCH3 is 1. The Morgan fingerprint density at radius 1 is 0.716 bits per heavy atom. The standard InChI is InChI=1S/C62H73F2N11O5S/c1-7-29-73-55-24-22-50(38-54(55)68-59(73)39-66-52-18-12-14-20-58(52)80-35-34-78-6)81(76,77)70(5)40-45-26-30-71(31-27-45)44(4)61-69-53-37-46(21-23-56(53)74(61)32-33-79-49-15-9-8-10-16-49)47-25-28-65-48(36-47)41-72(43(2)3)42-60-67-51-17-11-13-19-57(51)75(60)62(63)64/h8-25,28,36-38,43-45,62,66H,7,26-27,29-35,39-42H2,1-6H3. The van der Waals surface area contributed by atoms with Crippen LogP contribution in [0.25, 0.3) is 44.2 Å². The van der Waals surface area contributed by atoms with Crippen molar-refractivity contribution >= 4 is 48.8 Å². The molecular formula is C62H73F2N11O5S. The number of rotatable bonds is 26. The van der Waals surface area contributed by atoms with E-state index in [0.29, 0.717) is 68.4 Å². The third kappa shape index (κ3) is 12.9. The molecule has 0 amide bonds. The normalized spacial score (nSPS) is 14.2. The first-order valence-electron chi connectivity index (χ1n) is 28.0. The third-order valence-electron chi connectivity index (χ3n) is 15.5. The van der Waals surface area contributed by atoms with Crippen LogP contribution in [0.3, 0.4) is 0 Å². The highest BCUT2D eigenvalue weighted by atomic mass is 32.2. The van der Waals surface area contributed by atoms with E-state index in [1.807, 2.05) is 86.6 Å². The number of sulfonamides is 1. The predicted octanol–water partition coefficient (Wildman–Crippen LogP) is 11.8. The van der Waals surface area contributed by atoms with Gasteiger partial charge in [0.1, 0.15) is 42.2 Å². The van der Waals surface area contributed by atoms with Crippen LogP contribution in [-0.4, -0.2) is 116 Å². The van der Waals surface area contributed by atoms with Crippen LogP contribution < -0.4 is 14.8 Å². The lowest BCUT2D eigenvalue weighted by atomic mass is 9.96. The van der Waals surface area contributed by atoms with E-state index in [9.17, 15) is 17.2 Å². The summed E-state index contributed by atoms with van der Waals surface area (Å²) in [4.78, 5) is 24.5. The summed E-state index contributed by atoms with van der Waals surface area (Å²) in [5.41, 5.74) is 7.94. The molecule has 5 heterocycles. The second-order valence-electron chi connectivity index (χ2n) is 21.1. The number of hydrogen-bond acceptors (Lipinski definition) is 12. The molecule has 0 aliphatic carbocycles. The van der Waals surface area contributed by atoms with E-state index in [1.54, 1.807) is 50.7 Å². The van der Waals surface area contributed by atoms with Crippen LogP contribution in [-0.2, 0) is 47.5 Å². The number of aromatic nitrogens is 7. The minimum Gasteiger partial charge on any atom is -0.492 e. The van der Waals surface area contributed by atoms with Crippen LogP contribution in [0.5, 0.6) is 11.5 Å². The van der Waals surface area contributed by atoms with Gasteiger partial charge in [-0.3, -0.25) is 19.4 Å². The Balaban J connectivity index is 0.820. The fourth-order valence-corrected chi connectivity index (χ4v) is 12.3. The van der Waals surface area contributed by atoms with Gasteiger partial charge in [-0.25, -0.2) is 27.7 Å². The summed E-state index contributed by atoms with van der Waals surface area (Å²) in [5, 5.41) is 3.49. The highest BCUT2D eigenvalue weighted by molar-refractivity contribution is 7.89. The number of pyridine rings is 1. The molecule has 426 valence electrons. The number of fused-ring (bicyclic) bond motifs is 3. The van der Waals surface area contributed by atoms with Gasteiger partial charge in [0.05, 0.1) is 81.7 Å². The number of likely N-dealkylation sites (tertiary alicyclic amines) is 1. The Bertz CT molecular complexity index is 3670. The molecule has 81 heavy (non-hydrogen) atoms. The molecule has 9 aromatic rings. The van der Waals surface area contributed by atoms with Gasteiger partial charge in [-0.2, -0.15) is 8.78 Å². The maximum Gasteiger partial charge on any atom is 0.320 e. The Hall–Kier alpha value is -7.29. The van der Waals surface area contributed by atoms with Crippen molar-refractivity contribution in [2.45, 2.75) is 103 Å². The van der Waals surface area contributed by atoms with Crippen LogP contribution in [0.4, 0.5) is 14.5 Å². The minimum absolute atomic E-state index is 0.0258. The maximum atomic E-state index is 14.4. The molecule has 1 saturated heterocycles. The quantitative estimate of drug-likeness (QED) is 0.0514. The van der Waals surface area contributed by atoms with E-state index < -0.39 is 16.6 Å². The molecule has 1 aliphatic rings. The number of alkyl halides is 2. The lowest BCUT2D eigenvalue weighted by Crippen LogP contribution is -2.41. The second kappa shape index (κ2) is 25.7. The summed E-state index contributed by atoms with van der Waals surface area (Å²) in [7, 11) is -0.495. The number of benzene rings is 5. The second-order valence-corrected chi connectivity index (χ2v) is 23.2. The average Bonchev–Trinajstić information content (AvgIpc) is 4.35. The fourth-order valence-electron chi connectivity index (χ4n) is 11.0. The number of imidazole rings is 3. The largest absolute Gasteiger partial charge is 0.492 e. The molecule has 5 aromatic carbocycles. The predicted molar refractivity (Wildman–Crippen MR) is 314 cm³/mol. The zero-order valence-corrected chi connectivity index (χ0v) is 47.9. The molecule has 1 N–H and O–H groups in total. The Labute approximate surface area is 473 Å². The van der Waals surface area contributed by atoms with E-state index in [4.69, 9.17) is 29.2 Å². The van der Waals surface area contributed by atoms with Gasteiger partial charge < -0.3 is 28.7 Å². The topological polar surface area (TPSA) is 150 Å². The van der Waals surface area contributed by atoms with Gasteiger partial charge in [0.25, 0.3) is 0 Å². The molecular weight excluding hydrogens is 1050 g/mol. The van der Waals surface area contributed by atoms with Crippen molar-refractivity contribution in [2.75, 3.05) is 58.9 Å². The highest BCUT2D eigenvalue weighted by Crippen LogP contribution is 2.34. The molecule has 1 atom stereocenters. The molecule has 0 radical (unpaired) electrons. The van der Waals surface area contributed by atoms with Crippen molar-refractivity contribution in [3.8, 4) is 22.6 Å². The van der Waals surface area contributed by atoms with E-state index >= 15 is 0 Å². The summed E-state index contributed by atoms with van der Waals surface area (Å²) in [6.45, 7) is 11.4. The van der Waals surface area contributed by atoms with E-state index in [0.717, 1.165) is 106 Å². The first-order chi connectivity index (χ1) is 39.3. The molecule has 4 aromatic heterocycles. The van der Waals surface area contributed by atoms with Gasteiger partial charge in [0.15, 0.2) is 0 Å². The lowest BCUT2D eigenvalue weighted by Gasteiger charge is -2.37. The summed E-state index contributed by atoms with van der Waals surface area (Å²) in [5.74, 6) is 3.74. The van der Waals surface area contributed by atoms with E-state index in [-0.39, 0.29) is 29.4 Å². The first-order valence-corrected chi connectivity index (χ1v) is 29.5. The average molecular weight is 1120 g/mol. The number of nitrogens with one attached hydrogen (secondary N) is 1. The van der Waals surface area contributed by atoms with Crippen LogP contribution in [0.15, 0.2) is 138 Å². The number of aryl methyl sites for hydroxylation is 1. The van der Waals surface area contributed by atoms with Crippen LogP contribution >= 0.6 is 0 Å². The number of ether oxygens (including phenoxy) is 3. The number of anilines is 1. The van der Waals surface area contributed by atoms with Crippen LogP contribution in [0.1, 0.15) is 82.7 Å². The van der Waals surface area contributed by atoms with Crippen molar-refractivity contribution in [1.29, 1.82) is 0 Å². The Morgan fingerprint density at radius 2 is 1.43 bits per heavy atom. The molecule has 19 heteroatoms. The summed E-state index contributed by atoms with van der Waals surface area (Å²) >= 11 is 0. The monoisotopic (exact) mass is 1120 g/mol. The first kappa shape index (κ1) is 57.0. The number of halogens is 2. The highest BCUT2D eigenvalue weighted by Gasteiger charge is 2.31. The van der Waals surface area contributed by atoms with Crippen LogP contribution in [0.2, 0.25) is 0 Å². The van der Waals surface area contributed by atoms with E-state index in [2.05, 4.69) is 67.3 Å². The zero-order chi connectivity index (χ0) is 56.6. The van der Waals surface area contributed by atoms with Crippen molar-refractivity contribution in [3.05, 3.63) is 157 Å². The zero-order valence-electron chi connectivity index (χ0n) is 47.1. The molecule has 0 bridgehead atoms. The molecule has 10 rings (SSSR count). The van der Waals surface area contributed by atoms with Gasteiger partial charge in [0, 0.05) is 46.0 Å². The number of piperidine rings is 1. The van der Waals surface area contributed by atoms with Crippen molar-refractivity contribution in [3.63, 3.8) is 0 Å². The van der Waals surface area contributed by atoms with Gasteiger partial charge >= 0.3 is 6.55 Å². The number of para-hydroxylation sites is 5. The van der Waals surface area contributed by atoms with Crippen molar-refractivity contribution in [1.82, 2.24) is 47.7 Å². The molecule has 16 nitrogen and oxygen atoms in total. The molecule has 1 unspecified atom stereocenters. The summed E-state index contributed by atoms with van der Waals surface area (Å²) in [6, 6.07) is 40.3. The molecule has 1 fully saturated rings. The van der Waals surface area contributed by atoms with Gasteiger partial charge in [-0.05, 0) is 149 Å². The SMILES string of the molecule is CCCn1c(CNc2ccccc2OCCOC)nc2cc(S(=O)(=O)N(C)CC3CCN(C(C)c4nc5cc(-c6ccnc(CN(Cc7nc8ccccc8n7C(F)F)C(C)C)c6)ccc5n4CCOc4ccccc4)CC3)ccc21. The van der Waals surface area contributed by atoms with Crippen molar-refractivity contribution < 1.29 is 31.4 Å². The fraction of sp³-hybridized carbons (Fsp3) is 0.387. The minimum atomic E-state index is -3.82. The van der Waals surface area contributed by atoms with Gasteiger partial charge in [0.2, 0.25) is 10.0 Å². The third-order valence-corrected chi connectivity index (χ3v) is 17.3. The van der Waals surface area contributed by atoms with Crippen molar-refractivity contribution in [2.24, 2.45) is 5.92 Å². The van der Waals surface area contributed by atoms with E-state index in [1.165, 1.54) is 4.31 Å². The van der Waals surface area contributed by atoms with Crippen LogP contribution in [0, 0.1) is 5.92 Å². The number of nitrogens with zero attached hydrogens (tertiary/aromatic N) is 10. The smallest absolute Gasteiger partial charge is 0.320 e. The molecule has 0 saturated carbocycles. The lowest BCUT2D eigenvalue weighted by molar-refractivity contribution is 0.0666. The molecule has 1 aliphatic heterocycles. The maximum absolute atomic E-state index is 14.4. The number of hydrogen-bond donors (Lipinski definition) is 1. The molecule has 0 spiro atoms. The summed E-state index contributed by atoms with van der Waals surface area (Å²) < 4.78 is 81.7. The Morgan fingerprint density at radius 3 is 2.21 bits per heavy atom. The van der Waals surface area contributed by atoms with Gasteiger partial charge in [-0.15, -0.1) is 0 Å². The Kier molecular flexibility index (Phi) is 18.0.